The SMILES string of the molecule is CC(NC(=O)C1(C)CCCS1)c1cccc(S(N)(=O)=O)c1. The fourth-order valence-corrected chi connectivity index (χ4v) is 4.14. The molecule has 0 aliphatic carbocycles. The molecule has 2 unspecified atom stereocenters. The number of nitrogens with two attached hydrogens (primary N) is 1. The molecule has 116 valence electrons. The lowest BCUT2D eigenvalue weighted by Gasteiger charge is -2.24. The zero-order chi connectivity index (χ0) is 15.7. The van der Waals surface area contributed by atoms with Gasteiger partial charge in [-0.1, -0.05) is 12.1 Å². The van der Waals surface area contributed by atoms with Crippen LogP contribution in [0.3, 0.4) is 0 Å². The fourth-order valence-electron chi connectivity index (χ4n) is 2.35. The Morgan fingerprint density at radius 1 is 1.48 bits per heavy atom. The van der Waals surface area contributed by atoms with Crippen molar-refractivity contribution < 1.29 is 13.2 Å². The standard InChI is InChI=1S/C14H20N2O3S2/c1-10(16-13(17)14(2)7-4-8-20-14)11-5-3-6-12(9-11)21(15,18)19/h3,5-6,9-10H,4,7-8H2,1-2H3,(H,16,17)(H2,15,18,19). The molecule has 0 spiro atoms. The number of sulfonamides is 1. The number of primary sulfonamides is 1. The first-order chi connectivity index (χ1) is 9.72. The summed E-state index contributed by atoms with van der Waals surface area (Å²) >= 11 is 1.67. The predicted molar refractivity (Wildman–Crippen MR) is 84.5 cm³/mol. The van der Waals surface area contributed by atoms with Crippen LogP contribution in [0.25, 0.3) is 0 Å². The van der Waals surface area contributed by atoms with Crippen molar-refractivity contribution in [3.05, 3.63) is 29.8 Å². The number of rotatable bonds is 4. The number of benzene rings is 1. The van der Waals surface area contributed by atoms with Crippen molar-refractivity contribution in [3.63, 3.8) is 0 Å². The molecule has 1 aliphatic heterocycles. The number of carbonyl (C=O) groups excluding carboxylic acids is 1. The van der Waals surface area contributed by atoms with Crippen molar-refractivity contribution in [1.29, 1.82) is 0 Å². The highest BCUT2D eigenvalue weighted by atomic mass is 32.2. The van der Waals surface area contributed by atoms with E-state index in [0.29, 0.717) is 0 Å². The van der Waals surface area contributed by atoms with Crippen molar-refractivity contribution in [2.24, 2.45) is 5.14 Å². The van der Waals surface area contributed by atoms with E-state index in [-0.39, 0.29) is 21.6 Å². The molecule has 7 heteroatoms. The number of carbonyl (C=O) groups is 1. The molecule has 21 heavy (non-hydrogen) atoms. The average Bonchev–Trinajstić information content (AvgIpc) is 2.86. The minimum absolute atomic E-state index is 0.00138. The van der Waals surface area contributed by atoms with E-state index in [1.54, 1.807) is 23.9 Å². The van der Waals surface area contributed by atoms with Gasteiger partial charge in [0.15, 0.2) is 0 Å². The maximum Gasteiger partial charge on any atom is 0.238 e. The van der Waals surface area contributed by atoms with Crippen LogP contribution in [0, 0.1) is 0 Å². The average molecular weight is 328 g/mol. The van der Waals surface area contributed by atoms with Crippen LogP contribution in [0.5, 0.6) is 0 Å². The van der Waals surface area contributed by atoms with E-state index >= 15 is 0 Å². The molecule has 5 nitrogen and oxygen atoms in total. The quantitative estimate of drug-likeness (QED) is 0.882. The first-order valence-corrected chi connectivity index (χ1v) is 9.33. The van der Waals surface area contributed by atoms with Gasteiger partial charge in [-0.15, -0.1) is 11.8 Å². The van der Waals surface area contributed by atoms with E-state index in [4.69, 9.17) is 5.14 Å². The van der Waals surface area contributed by atoms with Gasteiger partial charge in [0.2, 0.25) is 15.9 Å². The lowest BCUT2D eigenvalue weighted by atomic mass is 10.0. The van der Waals surface area contributed by atoms with Crippen LogP contribution in [0.15, 0.2) is 29.2 Å². The lowest BCUT2D eigenvalue weighted by molar-refractivity contribution is -0.123. The van der Waals surface area contributed by atoms with Crippen molar-refractivity contribution >= 4 is 27.7 Å². The van der Waals surface area contributed by atoms with E-state index < -0.39 is 10.0 Å². The van der Waals surface area contributed by atoms with Crippen LogP contribution in [0.1, 0.15) is 38.3 Å². The van der Waals surface area contributed by atoms with Crippen LogP contribution in [0.2, 0.25) is 0 Å². The summed E-state index contributed by atoms with van der Waals surface area (Å²) in [6.07, 6.45) is 1.91. The monoisotopic (exact) mass is 328 g/mol. The molecule has 1 saturated heterocycles. The van der Waals surface area contributed by atoms with E-state index in [1.165, 1.54) is 12.1 Å². The maximum absolute atomic E-state index is 12.4. The number of hydrogen-bond donors (Lipinski definition) is 2. The zero-order valence-corrected chi connectivity index (χ0v) is 13.8. The molecule has 1 aliphatic rings. The predicted octanol–water partition coefficient (Wildman–Crippen LogP) is 1.80. The molecule has 1 aromatic rings. The Hall–Kier alpha value is -1.05. The molecule has 1 amide bonds. The highest BCUT2D eigenvalue weighted by Crippen LogP contribution is 2.38. The Bertz CT molecular complexity index is 637. The summed E-state index contributed by atoms with van der Waals surface area (Å²) in [5.74, 6) is 0.998. The van der Waals surface area contributed by atoms with Gasteiger partial charge in [0.05, 0.1) is 15.7 Å². The Balaban J connectivity index is 2.14. The highest BCUT2D eigenvalue weighted by Gasteiger charge is 2.37. The topological polar surface area (TPSA) is 89.3 Å². The minimum Gasteiger partial charge on any atom is -0.348 e. The lowest BCUT2D eigenvalue weighted by Crippen LogP contribution is -2.41. The minimum atomic E-state index is -3.73. The van der Waals surface area contributed by atoms with Crippen molar-refractivity contribution in [3.8, 4) is 0 Å². The Morgan fingerprint density at radius 3 is 2.76 bits per heavy atom. The van der Waals surface area contributed by atoms with Crippen LogP contribution in [-0.4, -0.2) is 24.8 Å². The summed E-state index contributed by atoms with van der Waals surface area (Å²) in [5.41, 5.74) is 0.724. The third kappa shape index (κ3) is 3.78. The van der Waals surface area contributed by atoms with E-state index in [1.807, 2.05) is 13.8 Å². The summed E-state index contributed by atoms with van der Waals surface area (Å²) in [7, 11) is -3.73. The molecule has 2 atom stereocenters. The largest absolute Gasteiger partial charge is 0.348 e. The number of amides is 1. The Kier molecular flexibility index (Phi) is 4.65. The summed E-state index contributed by atoms with van der Waals surface area (Å²) in [6, 6.07) is 6.09. The van der Waals surface area contributed by atoms with Gasteiger partial charge in [-0.2, -0.15) is 0 Å². The van der Waals surface area contributed by atoms with Crippen LogP contribution < -0.4 is 10.5 Å². The molecular formula is C14H20N2O3S2. The fraction of sp³-hybridized carbons (Fsp3) is 0.500. The molecule has 0 saturated carbocycles. The second-order valence-electron chi connectivity index (χ2n) is 5.50. The Morgan fingerprint density at radius 2 is 2.19 bits per heavy atom. The van der Waals surface area contributed by atoms with Crippen LogP contribution in [-0.2, 0) is 14.8 Å². The first kappa shape index (κ1) is 16.3. The number of nitrogens with one attached hydrogen (secondary N) is 1. The van der Waals surface area contributed by atoms with Gasteiger partial charge in [0, 0.05) is 0 Å². The van der Waals surface area contributed by atoms with E-state index in [0.717, 1.165) is 24.2 Å². The van der Waals surface area contributed by atoms with E-state index in [9.17, 15) is 13.2 Å². The molecule has 3 N–H and O–H groups in total. The van der Waals surface area contributed by atoms with Crippen LogP contribution >= 0.6 is 11.8 Å². The molecular weight excluding hydrogens is 308 g/mol. The summed E-state index contributed by atoms with van der Waals surface area (Å²) < 4.78 is 22.4. The molecule has 0 bridgehead atoms. The van der Waals surface area contributed by atoms with Gasteiger partial charge >= 0.3 is 0 Å². The molecule has 2 rings (SSSR count). The third-order valence-electron chi connectivity index (χ3n) is 3.73. The second kappa shape index (κ2) is 5.98. The maximum atomic E-state index is 12.4. The number of hydrogen-bond acceptors (Lipinski definition) is 4. The molecule has 1 fully saturated rings. The van der Waals surface area contributed by atoms with Gasteiger partial charge in [-0.05, 0) is 50.1 Å². The zero-order valence-electron chi connectivity index (χ0n) is 12.1. The second-order valence-corrected chi connectivity index (χ2v) is 8.65. The van der Waals surface area contributed by atoms with E-state index in [2.05, 4.69) is 5.32 Å². The van der Waals surface area contributed by atoms with Crippen molar-refractivity contribution in [2.75, 3.05) is 5.75 Å². The summed E-state index contributed by atoms with van der Waals surface area (Å²) in [6.45, 7) is 3.79. The molecule has 0 aromatic heterocycles. The van der Waals surface area contributed by atoms with Crippen molar-refractivity contribution in [2.45, 2.75) is 42.4 Å². The van der Waals surface area contributed by atoms with Gasteiger partial charge < -0.3 is 5.32 Å². The number of thioether (sulfide) groups is 1. The summed E-state index contributed by atoms with van der Waals surface area (Å²) in [5, 5.41) is 8.09. The van der Waals surface area contributed by atoms with Gasteiger partial charge in [-0.3, -0.25) is 4.79 Å². The van der Waals surface area contributed by atoms with Crippen molar-refractivity contribution in [1.82, 2.24) is 5.32 Å². The third-order valence-corrected chi connectivity index (χ3v) is 6.16. The molecule has 1 heterocycles. The molecule has 1 aromatic carbocycles. The van der Waals surface area contributed by atoms with Gasteiger partial charge in [-0.25, -0.2) is 13.6 Å². The Labute approximate surface area is 129 Å². The smallest absolute Gasteiger partial charge is 0.238 e. The van der Waals surface area contributed by atoms with Gasteiger partial charge in [0.1, 0.15) is 0 Å². The first-order valence-electron chi connectivity index (χ1n) is 6.80. The summed E-state index contributed by atoms with van der Waals surface area (Å²) in [4.78, 5) is 12.4. The highest BCUT2D eigenvalue weighted by molar-refractivity contribution is 8.01. The molecule has 0 radical (unpaired) electrons. The van der Waals surface area contributed by atoms with Crippen LogP contribution in [0.4, 0.5) is 0 Å². The normalized spacial score (nSPS) is 23.8. The van der Waals surface area contributed by atoms with Gasteiger partial charge in [0.25, 0.3) is 0 Å².